The van der Waals surface area contributed by atoms with Crippen molar-refractivity contribution in [2.24, 2.45) is 0 Å². The number of para-hydroxylation sites is 1. The van der Waals surface area contributed by atoms with Crippen molar-refractivity contribution >= 4 is 5.91 Å². The zero-order valence-electron chi connectivity index (χ0n) is 15.8. The van der Waals surface area contributed by atoms with Crippen LogP contribution in [0.4, 0.5) is 0 Å². The van der Waals surface area contributed by atoms with Gasteiger partial charge in [-0.05, 0) is 43.2 Å². The summed E-state index contributed by atoms with van der Waals surface area (Å²) in [7, 11) is 4.65. The van der Waals surface area contributed by atoms with E-state index in [4.69, 9.17) is 18.9 Å². The molecule has 140 valence electrons. The Balaban J connectivity index is 2.03. The Labute approximate surface area is 154 Å². The van der Waals surface area contributed by atoms with E-state index in [-0.39, 0.29) is 5.91 Å². The summed E-state index contributed by atoms with van der Waals surface area (Å²) in [5.74, 6) is 2.09. The van der Waals surface area contributed by atoms with Crippen LogP contribution in [0.5, 0.6) is 23.0 Å². The molecule has 0 fully saturated rings. The van der Waals surface area contributed by atoms with Crippen LogP contribution in [0.1, 0.15) is 18.1 Å². The molecule has 6 nitrogen and oxygen atoms in total. The van der Waals surface area contributed by atoms with Gasteiger partial charge in [-0.15, -0.1) is 0 Å². The van der Waals surface area contributed by atoms with Gasteiger partial charge in [0.15, 0.2) is 17.6 Å². The second kappa shape index (κ2) is 8.99. The van der Waals surface area contributed by atoms with E-state index in [0.717, 1.165) is 11.1 Å². The largest absolute Gasteiger partial charge is 0.493 e. The van der Waals surface area contributed by atoms with Crippen molar-refractivity contribution in [2.45, 2.75) is 26.5 Å². The molecule has 2 aromatic carbocycles. The molecule has 0 radical (unpaired) electrons. The monoisotopic (exact) mass is 359 g/mol. The minimum absolute atomic E-state index is 0.206. The van der Waals surface area contributed by atoms with E-state index in [0.29, 0.717) is 29.5 Å². The van der Waals surface area contributed by atoms with Crippen molar-refractivity contribution in [3.8, 4) is 23.0 Å². The number of nitrogens with one attached hydrogen (secondary N) is 1. The predicted octanol–water partition coefficient (Wildman–Crippen LogP) is 3.10. The van der Waals surface area contributed by atoms with Gasteiger partial charge in [0.1, 0.15) is 5.75 Å². The minimum Gasteiger partial charge on any atom is -0.493 e. The predicted molar refractivity (Wildman–Crippen MR) is 99.2 cm³/mol. The first kappa shape index (κ1) is 19.4. The molecule has 0 aliphatic carbocycles. The molecule has 2 rings (SSSR count). The average Bonchev–Trinajstić information content (AvgIpc) is 2.66. The van der Waals surface area contributed by atoms with Crippen molar-refractivity contribution in [3.63, 3.8) is 0 Å². The quantitative estimate of drug-likeness (QED) is 0.784. The molecule has 1 N–H and O–H groups in total. The van der Waals surface area contributed by atoms with Crippen molar-refractivity contribution in [1.82, 2.24) is 5.32 Å². The molecule has 0 aliphatic heterocycles. The summed E-state index contributed by atoms with van der Waals surface area (Å²) < 4.78 is 21.7. The molecule has 0 heterocycles. The molecule has 0 bridgehead atoms. The third-order valence-corrected chi connectivity index (χ3v) is 3.96. The molecule has 0 saturated heterocycles. The molecule has 0 aliphatic rings. The number of methoxy groups -OCH3 is 3. The maximum atomic E-state index is 12.3. The van der Waals surface area contributed by atoms with Crippen LogP contribution >= 0.6 is 0 Å². The van der Waals surface area contributed by atoms with Gasteiger partial charge in [0, 0.05) is 6.54 Å². The molecule has 0 unspecified atom stereocenters. The van der Waals surface area contributed by atoms with Gasteiger partial charge in [0.05, 0.1) is 21.3 Å². The Bertz CT molecular complexity index is 735. The van der Waals surface area contributed by atoms with Crippen LogP contribution in [0.25, 0.3) is 0 Å². The SMILES string of the molecule is COc1cc(CNC(=O)[C@@H](C)Oc2ccccc2C)cc(OC)c1OC. The molecular formula is C20H25NO5. The Hall–Kier alpha value is -2.89. The number of rotatable bonds is 8. The first-order valence-corrected chi connectivity index (χ1v) is 8.29. The summed E-state index contributed by atoms with van der Waals surface area (Å²) in [6.45, 7) is 3.98. The number of benzene rings is 2. The van der Waals surface area contributed by atoms with E-state index in [1.165, 1.54) is 0 Å². The van der Waals surface area contributed by atoms with Crippen LogP contribution in [-0.4, -0.2) is 33.3 Å². The van der Waals surface area contributed by atoms with Gasteiger partial charge in [-0.1, -0.05) is 18.2 Å². The van der Waals surface area contributed by atoms with Gasteiger partial charge in [0.2, 0.25) is 5.75 Å². The van der Waals surface area contributed by atoms with E-state index in [9.17, 15) is 4.79 Å². The van der Waals surface area contributed by atoms with Crippen LogP contribution in [-0.2, 0) is 11.3 Å². The molecule has 2 aromatic rings. The maximum absolute atomic E-state index is 12.3. The molecule has 0 saturated carbocycles. The van der Waals surface area contributed by atoms with Gasteiger partial charge >= 0.3 is 0 Å². The zero-order valence-corrected chi connectivity index (χ0v) is 15.8. The molecule has 1 amide bonds. The molecule has 1 atom stereocenters. The highest BCUT2D eigenvalue weighted by atomic mass is 16.5. The zero-order chi connectivity index (χ0) is 19.1. The van der Waals surface area contributed by atoms with Gasteiger partial charge in [0.25, 0.3) is 5.91 Å². The summed E-state index contributed by atoms with van der Waals surface area (Å²) >= 11 is 0. The fraction of sp³-hybridized carbons (Fsp3) is 0.350. The number of carbonyl (C=O) groups excluding carboxylic acids is 1. The number of amides is 1. The lowest BCUT2D eigenvalue weighted by Gasteiger charge is -2.17. The van der Waals surface area contributed by atoms with E-state index in [2.05, 4.69) is 5.32 Å². The van der Waals surface area contributed by atoms with E-state index < -0.39 is 6.10 Å². The van der Waals surface area contributed by atoms with Gasteiger partial charge in [-0.2, -0.15) is 0 Å². The number of hydrogen-bond acceptors (Lipinski definition) is 5. The number of carbonyl (C=O) groups is 1. The Kier molecular flexibility index (Phi) is 6.72. The highest BCUT2D eigenvalue weighted by molar-refractivity contribution is 5.80. The number of ether oxygens (including phenoxy) is 4. The Morgan fingerprint density at radius 1 is 1.00 bits per heavy atom. The molecule has 6 heteroatoms. The first-order valence-electron chi connectivity index (χ1n) is 8.29. The summed E-state index contributed by atoms with van der Waals surface area (Å²) in [5.41, 5.74) is 1.81. The van der Waals surface area contributed by atoms with Crippen molar-refractivity contribution < 1.29 is 23.7 Å². The highest BCUT2D eigenvalue weighted by Crippen LogP contribution is 2.38. The fourth-order valence-electron chi connectivity index (χ4n) is 2.50. The second-order valence-corrected chi connectivity index (χ2v) is 5.78. The minimum atomic E-state index is -0.613. The molecule has 26 heavy (non-hydrogen) atoms. The second-order valence-electron chi connectivity index (χ2n) is 5.78. The maximum Gasteiger partial charge on any atom is 0.261 e. The summed E-state index contributed by atoms with van der Waals surface area (Å²) in [6, 6.07) is 11.2. The summed E-state index contributed by atoms with van der Waals surface area (Å²) in [4.78, 5) is 12.3. The van der Waals surface area contributed by atoms with Crippen LogP contribution < -0.4 is 24.3 Å². The molecular weight excluding hydrogens is 334 g/mol. The smallest absolute Gasteiger partial charge is 0.261 e. The van der Waals surface area contributed by atoms with E-state index in [1.807, 2.05) is 31.2 Å². The van der Waals surface area contributed by atoms with Crippen molar-refractivity contribution in [1.29, 1.82) is 0 Å². The van der Waals surface area contributed by atoms with Gasteiger partial charge in [-0.25, -0.2) is 0 Å². The third kappa shape index (κ3) is 4.59. The standard InChI is InChI=1S/C20H25NO5/c1-13-8-6-7-9-16(13)26-14(2)20(22)21-12-15-10-17(23-3)19(25-5)18(11-15)24-4/h6-11,14H,12H2,1-5H3,(H,21,22)/t14-/m1/s1. The van der Waals surface area contributed by atoms with Crippen LogP contribution in [0.15, 0.2) is 36.4 Å². The van der Waals surface area contributed by atoms with E-state index >= 15 is 0 Å². The molecule has 0 spiro atoms. The first-order chi connectivity index (χ1) is 12.5. The van der Waals surface area contributed by atoms with E-state index in [1.54, 1.807) is 40.4 Å². The van der Waals surface area contributed by atoms with Gasteiger partial charge < -0.3 is 24.3 Å². The number of hydrogen-bond donors (Lipinski definition) is 1. The lowest BCUT2D eigenvalue weighted by Crippen LogP contribution is -2.36. The van der Waals surface area contributed by atoms with Crippen LogP contribution in [0.3, 0.4) is 0 Å². The third-order valence-electron chi connectivity index (χ3n) is 3.96. The topological polar surface area (TPSA) is 66.0 Å². The lowest BCUT2D eigenvalue weighted by atomic mass is 10.1. The summed E-state index contributed by atoms with van der Waals surface area (Å²) in [6.07, 6.45) is -0.613. The van der Waals surface area contributed by atoms with Gasteiger partial charge in [-0.3, -0.25) is 4.79 Å². The fourth-order valence-corrected chi connectivity index (χ4v) is 2.50. The highest BCUT2D eigenvalue weighted by Gasteiger charge is 2.17. The number of aryl methyl sites for hydroxylation is 1. The van der Waals surface area contributed by atoms with Crippen molar-refractivity contribution in [2.75, 3.05) is 21.3 Å². The molecule has 0 aromatic heterocycles. The van der Waals surface area contributed by atoms with Crippen LogP contribution in [0.2, 0.25) is 0 Å². The van der Waals surface area contributed by atoms with Crippen LogP contribution in [0, 0.1) is 6.92 Å². The average molecular weight is 359 g/mol. The Morgan fingerprint density at radius 3 is 2.15 bits per heavy atom. The normalized spacial score (nSPS) is 11.4. The Morgan fingerprint density at radius 2 is 1.62 bits per heavy atom. The lowest BCUT2D eigenvalue weighted by molar-refractivity contribution is -0.127. The van der Waals surface area contributed by atoms with Crippen molar-refractivity contribution in [3.05, 3.63) is 47.5 Å². The summed E-state index contributed by atoms with van der Waals surface area (Å²) in [5, 5.41) is 2.86.